The number of hydrogen-bond acceptors (Lipinski definition) is 4. The van der Waals surface area contributed by atoms with Crippen LogP contribution in [-0.2, 0) is 10.3 Å². The number of benzene rings is 1. The lowest BCUT2D eigenvalue weighted by atomic mass is 9.93. The third-order valence-corrected chi connectivity index (χ3v) is 4.40. The zero-order valence-electron chi connectivity index (χ0n) is 13.7. The van der Waals surface area contributed by atoms with Crippen LogP contribution in [0.1, 0.15) is 18.9 Å². The summed E-state index contributed by atoms with van der Waals surface area (Å²) in [6.07, 6.45) is -2.27. The summed E-state index contributed by atoms with van der Waals surface area (Å²) in [7, 11) is 0. The number of anilines is 1. The van der Waals surface area contributed by atoms with Gasteiger partial charge in [-0.1, -0.05) is 12.1 Å². The minimum atomic E-state index is -4.65. The molecule has 2 atom stereocenters. The van der Waals surface area contributed by atoms with Crippen molar-refractivity contribution in [2.75, 3.05) is 18.5 Å². The van der Waals surface area contributed by atoms with E-state index in [0.717, 1.165) is 18.5 Å². The molecule has 5 nitrogen and oxygen atoms in total. The van der Waals surface area contributed by atoms with Gasteiger partial charge in [0.15, 0.2) is 0 Å². The fraction of sp³-hybridized carbons (Fsp3) is 0.412. The smallest absolute Gasteiger partial charge is 0.367 e. The number of ether oxygens (including phenoxy) is 1. The summed E-state index contributed by atoms with van der Waals surface area (Å²) in [5, 5.41) is 6.26. The van der Waals surface area contributed by atoms with E-state index in [1.54, 1.807) is 19.1 Å². The number of nitrogens with zero attached hydrogens (tertiary/aromatic N) is 2. The lowest BCUT2D eigenvalue weighted by molar-refractivity contribution is -0.0596. The highest BCUT2D eigenvalue weighted by Gasteiger charge is 2.47. The van der Waals surface area contributed by atoms with Crippen LogP contribution >= 0.6 is 0 Å². The van der Waals surface area contributed by atoms with Crippen molar-refractivity contribution in [2.45, 2.75) is 31.2 Å². The second-order valence-corrected chi connectivity index (χ2v) is 6.05. The van der Waals surface area contributed by atoms with Gasteiger partial charge in [0.1, 0.15) is 11.4 Å². The maximum absolute atomic E-state index is 12.7. The third kappa shape index (κ3) is 3.59. The molecule has 2 saturated heterocycles. The van der Waals surface area contributed by atoms with Gasteiger partial charge in [0, 0.05) is 18.3 Å². The summed E-state index contributed by atoms with van der Waals surface area (Å²) in [4.78, 5) is 6.44. The van der Waals surface area contributed by atoms with Gasteiger partial charge in [-0.15, -0.1) is 0 Å². The maximum atomic E-state index is 12.7. The van der Waals surface area contributed by atoms with Gasteiger partial charge < -0.3 is 15.4 Å². The van der Waals surface area contributed by atoms with Gasteiger partial charge in [-0.3, -0.25) is 0 Å². The Morgan fingerprint density at radius 2 is 2.12 bits per heavy atom. The van der Waals surface area contributed by atoms with E-state index in [0.29, 0.717) is 18.3 Å². The molecule has 0 unspecified atom stereocenters. The van der Waals surface area contributed by atoms with Gasteiger partial charge >= 0.3 is 6.18 Å². The average molecular weight is 352 g/mol. The van der Waals surface area contributed by atoms with Crippen molar-refractivity contribution < 1.29 is 17.9 Å². The van der Waals surface area contributed by atoms with Gasteiger partial charge in [0.25, 0.3) is 0 Å². The van der Waals surface area contributed by atoms with E-state index in [2.05, 4.69) is 27.3 Å². The van der Waals surface area contributed by atoms with Crippen LogP contribution in [0.25, 0.3) is 0 Å². The molecule has 0 spiro atoms. The van der Waals surface area contributed by atoms with E-state index < -0.39 is 12.0 Å². The number of amidine groups is 1. The number of fused-ring (bicyclic) bond motifs is 2. The molecule has 2 heterocycles. The minimum absolute atomic E-state index is 0.0466. The lowest BCUT2D eigenvalue weighted by Crippen LogP contribution is -2.37. The zero-order chi connectivity index (χ0) is 18.1. The molecule has 3 rings (SSSR count). The number of aliphatic imine (C=N–C) groups is 2. The first-order valence-electron chi connectivity index (χ1n) is 7.90. The SMILES string of the molecule is C=N/C(=N\C(=C/C)Nc1ccc([C@@]23CN[C@@H](CO2)C3)cc1)C(F)(F)F. The molecule has 0 aromatic heterocycles. The van der Waals surface area contributed by atoms with E-state index in [1.807, 2.05) is 12.1 Å². The van der Waals surface area contributed by atoms with Gasteiger partial charge in [0.2, 0.25) is 5.84 Å². The Hall–Kier alpha value is -2.19. The molecular formula is C17H19F3N4O. The van der Waals surface area contributed by atoms with Crippen molar-refractivity contribution in [3.8, 4) is 0 Å². The van der Waals surface area contributed by atoms with Crippen molar-refractivity contribution in [1.82, 2.24) is 5.32 Å². The molecule has 25 heavy (non-hydrogen) atoms. The largest absolute Gasteiger partial charge is 0.451 e. The van der Waals surface area contributed by atoms with E-state index in [9.17, 15) is 13.2 Å². The molecule has 134 valence electrons. The number of halogens is 3. The topological polar surface area (TPSA) is 58.0 Å². The van der Waals surface area contributed by atoms with Gasteiger partial charge in [-0.2, -0.15) is 13.2 Å². The molecule has 1 aromatic rings. The molecule has 2 fully saturated rings. The molecule has 0 radical (unpaired) electrons. The summed E-state index contributed by atoms with van der Waals surface area (Å²) in [6, 6.07) is 7.84. The molecule has 0 saturated carbocycles. The molecule has 0 aliphatic carbocycles. The monoisotopic (exact) mass is 352 g/mol. The predicted molar refractivity (Wildman–Crippen MR) is 90.9 cm³/mol. The maximum Gasteiger partial charge on any atom is 0.451 e. The quantitative estimate of drug-likeness (QED) is 0.646. The Morgan fingerprint density at radius 1 is 1.40 bits per heavy atom. The molecule has 1 aromatic carbocycles. The van der Waals surface area contributed by atoms with Crippen LogP contribution in [0.15, 0.2) is 46.1 Å². The minimum Gasteiger partial charge on any atom is -0.367 e. The fourth-order valence-corrected chi connectivity index (χ4v) is 3.12. The van der Waals surface area contributed by atoms with Gasteiger partial charge in [-0.25, -0.2) is 9.98 Å². The number of allylic oxidation sites excluding steroid dienone is 1. The Kier molecular flexibility index (Phi) is 4.66. The van der Waals surface area contributed by atoms with E-state index >= 15 is 0 Å². The molecule has 2 aliphatic rings. The second kappa shape index (κ2) is 6.61. The Bertz CT molecular complexity index is 702. The fourth-order valence-electron chi connectivity index (χ4n) is 3.12. The zero-order valence-corrected chi connectivity index (χ0v) is 13.7. The van der Waals surface area contributed by atoms with Crippen molar-refractivity contribution in [2.24, 2.45) is 9.98 Å². The molecule has 2 N–H and O–H groups in total. The van der Waals surface area contributed by atoms with Crippen LogP contribution in [0.4, 0.5) is 18.9 Å². The van der Waals surface area contributed by atoms with Crippen molar-refractivity contribution in [3.63, 3.8) is 0 Å². The molecule has 2 bridgehead atoms. The normalized spacial score (nSPS) is 26.8. The summed E-state index contributed by atoms with van der Waals surface area (Å²) in [6.45, 7) is 5.99. The van der Waals surface area contributed by atoms with E-state index in [4.69, 9.17) is 4.74 Å². The number of nitrogens with one attached hydrogen (secondary N) is 2. The Balaban J connectivity index is 1.74. The average Bonchev–Trinajstić information content (AvgIpc) is 3.20. The predicted octanol–water partition coefficient (Wildman–Crippen LogP) is 3.21. The van der Waals surface area contributed by atoms with Crippen molar-refractivity contribution in [3.05, 3.63) is 41.7 Å². The number of morpholine rings is 1. The van der Waals surface area contributed by atoms with Crippen molar-refractivity contribution >= 4 is 18.2 Å². The highest BCUT2D eigenvalue weighted by molar-refractivity contribution is 5.92. The Morgan fingerprint density at radius 3 is 2.56 bits per heavy atom. The van der Waals surface area contributed by atoms with Crippen LogP contribution in [-0.4, -0.2) is 37.9 Å². The number of rotatable bonds is 4. The van der Waals surface area contributed by atoms with Crippen LogP contribution in [0.3, 0.4) is 0 Å². The highest BCUT2D eigenvalue weighted by atomic mass is 19.4. The second-order valence-electron chi connectivity index (χ2n) is 6.05. The lowest BCUT2D eigenvalue weighted by Gasteiger charge is -2.27. The molecule has 2 aliphatic heterocycles. The third-order valence-electron chi connectivity index (χ3n) is 4.40. The Labute approximate surface area is 143 Å². The highest BCUT2D eigenvalue weighted by Crippen LogP contribution is 2.40. The van der Waals surface area contributed by atoms with Crippen molar-refractivity contribution in [1.29, 1.82) is 0 Å². The first kappa shape index (κ1) is 17.6. The van der Waals surface area contributed by atoms with E-state index in [1.165, 1.54) is 6.08 Å². The van der Waals surface area contributed by atoms with Gasteiger partial charge in [0.05, 0.1) is 6.61 Å². The summed E-state index contributed by atoms with van der Waals surface area (Å²) in [5.41, 5.74) is 1.39. The first-order chi connectivity index (χ1) is 11.9. The molecule has 8 heteroatoms. The van der Waals surface area contributed by atoms with Gasteiger partial charge in [-0.05, 0) is 43.8 Å². The van der Waals surface area contributed by atoms with Crippen LogP contribution in [0, 0.1) is 0 Å². The molecule has 0 amide bonds. The summed E-state index contributed by atoms with van der Waals surface area (Å²) >= 11 is 0. The van der Waals surface area contributed by atoms with Crippen LogP contribution in [0.2, 0.25) is 0 Å². The van der Waals surface area contributed by atoms with Crippen LogP contribution in [0.5, 0.6) is 0 Å². The first-order valence-corrected chi connectivity index (χ1v) is 7.90. The number of alkyl halides is 3. The summed E-state index contributed by atoms with van der Waals surface area (Å²) in [5.74, 6) is -1.24. The standard InChI is InChI=1S/C17H19F3N4O/c1-3-14(24-15(21-2)17(18,19)20)23-12-6-4-11(5-7-12)16-8-13(9-25-16)22-10-16/h3-7,13,22-23H,2,8-10H2,1H3/b14-3-,24-15-/t13-,16-/m1/s1. The van der Waals surface area contributed by atoms with E-state index in [-0.39, 0.29) is 11.4 Å². The molecular weight excluding hydrogens is 333 g/mol. The summed E-state index contributed by atoms with van der Waals surface area (Å²) < 4.78 is 44.1. The number of hydrogen-bond donors (Lipinski definition) is 2. The van der Waals surface area contributed by atoms with Crippen LogP contribution < -0.4 is 10.6 Å².